The Kier molecular flexibility index (Phi) is 2.06. The second kappa shape index (κ2) is 2.84. The van der Waals surface area contributed by atoms with Crippen LogP contribution in [0, 0.1) is 13.8 Å². The number of rotatable bonds is 2. The van der Waals surface area contributed by atoms with E-state index in [9.17, 15) is 0 Å². The smallest absolute Gasteiger partial charge is 0.220 e. The first-order valence-corrected chi connectivity index (χ1v) is 3.16. The largest absolute Gasteiger partial charge is 0.443 e. The second-order valence-corrected chi connectivity index (χ2v) is 2.18. The fourth-order valence-corrected chi connectivity index (χ4v) is 0.724. The Balaban J connectivity index is 2.77. The minimum atomic E-state index is 0.453. The van der Waals surface area contributed by atoms with Gasteiger partial charge in [-0.15, -0.1) is 0 Å². The van der Waals surface area contributed by atoms with Gasteiger partial charge in [-0.05, 0) is 13.8 Å². The van der Waals surface area contributed by atoms with Gasteiger partial charge in [-0.25, -0.2) is 4.98 Å². The van der Waals surface area contributed by atoms with Gasteiger partial charge in [-0.2, -0.15) is 0 Å². The van der Waals surface area contributed by atoms with Gasteiger partial charge in [0.1, 0.15) is 12.4 Å². The Morgan fingerprint density at radius 3 is 2.60 bits per heavy atom. The summed E-state index contributed by atoms with van der Waals surface area (Å²) in [6, 6.07) is 0. The molecule has 3 heteroatoms. The lowest BCUT2D eigenvalue weighted by Crippen LogP contribution is -1.85. The van der Waals surface area contributed by atoms with Crippen molar-refractivity contribution in [2.75, 3.05) is 7.11 Å². The van der Waals surface area contributed by atoms with E-state index in [1.807, 2.05) is 13.8 Å². The van der Waals surface area contributed by atoms with Gasteiger partial charge in [0.05, 0.1) is 5.69 Å². The third kappa shape index (κ3) is 1.36. The lowest BCUT2D eigenvalue weighted by atomic mass is 10.4. The first kappa shape index (κ1) is 7.28. The van der Waals surface area contributed by atoms with E-state index in [1.165, 1.54) is 0 Å². The van der Waals surface area contributed by atoms with Crippen molar-refractivity contribution in [2.24, 2.45) is 0 Å². The number of aromatic nitrogens is 1. The molecule has 0 aliphatic heterocycles. The van der Waals surface area contributed by atoms with Crippen molar-refractivity contribution < 1.29 is 9.15 Å². The van der Waals surface area contributed by atoms with Crippen molar-refractivity contribution in [1.82, 2.24) is 4.98 Å². The molecule has 0 N–H and O–H groups in total. The van der Waals surface area contributed by atoms with Gasteiger partial charge in [-0.3, -0.25) is 0 Å². The number of hydrogen-bond donors (Lipinski definition) is 0. The van der Waals surface area contributed by atoms with Crippen LogP contribution in [0.3, 0.4) is 0 Å². The normalized spacial score (nSPS) is 10.3. The summed E-state index contributed by atoms with van der Waals surface area (Å²) < 4.78 is 10.1. The molecule has 0 amide bonds. The van der Waals surface area contributed by atoms with Crippen LogP contribution < -0.4 is 0 Å². The summed E-state index contributed by atoms with van der Waals surface area (Å²) in [5.74, 6) is 1.52. The minimum absolute atomic E-state index is 0.453. The molecule has 1 rings (SSSR count). The van der Waals surface area contributed by atoms with Gasteiger partial charge in [0, 0.05) is 7.11 Å². The average Bonchev–Trinajstić information content (AvgIpc) is 2.14. The molecule has 0 unspecified atom stereocenters. The van der Waals surface area contributed by atoms with Crippen molar-refractivity contribution in [1.29, 1.82) is 0 Å². The average molecular weight is 141 g/mol. The first-order chi connectivity index (χ1) is 4.74. The fraction of sp³-hybridized carbons (Fsp3) is 0.571. The van der Waals surface area contributed by atoms with Crippen LogP contribution in [0.25, 0.3) is 0 Å². The summed E-state index contributed by atoms with van der Waals surface area (Å²) >= 11 is 0. The van der Waals surface area contributed by atoms with Crippen LogP contribution in [0.4, 0.5) is 0 Å². The standard InChI is InChI=1S/C7H11NO2/c1-5-6(2)10-7(8-5)4-9-3/h4H2,1-3H3. The SMILES string of the molecule is COCc1nc(C)c(C)o1. The maximum Gasteiger partial charge on any atom is 0.220 e. The van der Waals surface area contributed by atoms with E-state index in [-0.39, 0.29) is 0 Å². The molecule has 10 heavy (non-hydrogen) atoms. The molecule has 0 aliphatic carbocycles. The van der Waals surface area contributed by atoms with Gasteiger partial charge in [0.15, 0.2) is 0 Å². The summed E-state index contributed by atoms with van der Waals surface area (Å²) in [5, 5.41) is 0. The predicted molar refractivity (Wildman–Crippen MR) is 36.7 cm³/mol. The summed E-state index contributed by atoms with van der Waals surface area (Å²) in [6.07, 6.45) is 0. The molecule has 3 nitrogen and oxygen atoms in total. The molecule has 0 aliphatic rings. The van der Waals surface area contributed by atoms with Crippen molar-refractivity contribution in [3.8, 4) is 0 Å². The van der Waals surface area contributed by atoms with Gasteiger partial charge >= 0.3 is 0 Å². The van der Waals surface area contributed by atoms with Gasteiger partial charge in [-0.1, -0.05) is 0 Å². The quantitative estimate of drug-likeness (QED) is 0.625. The third-order valence-corrected chi connectivity index (χ3v) is 1.34. The van der Waals surface area contributed by atoms with E-state index in [2.05, 4.69) is 4.98 Å². The highest BCUT2D eigenvalue weighted by Crippen LogP contribution is 2.08. The predicted octanol–water partition coefficient (Wildman–Crippen LogP) is 1.44. The van der Waals surface area contributed by atoms with Gasteiger partial charge in [0.2, 0.25) is 5.89 Å². The van der Waals surface area contributed by atoms with Crippen LogP contribution in [0.1, 0.15) is 17.3 Å². The molecule has 0 atom stereocenters. The molecular formula is C7H11NO2. The molecule has 0 aromatic carbocycles. The number of methoxy groups -OCH3 is 1. The lowest BCUT2D eigenvalue weighted by Gasteiger charge is -1.88. The highest BCUT2D eigenvalue weighted by atomic mass is 16.5. The highest BCUT2D eigenvalue weighted by molar-refractivity contribution is 5.04. The third-order valence-electron chi connectivity index (χ3n) is 1.34. The van der Waals surface area contributed by atoms with E-state index >= 15 is 0 Å². The molecule has 0 spiro atoms. The maximum atomic E-state index is 5.22. The van der Waals surface area contributed by atoms with Crippen LogP contribution in [0.5, 0.6) is 0 Å². The van der Waals surface area contributed by atoms with Crippen molar-refractivity contribution >= 4 is 0 Å². The number of hydrogen-bond acceptors (Lipinski definition) is 3. The summed E-state index contributed by atoms with van der Waals surface area (Å²) in [7, 11) is 1.62. The molecule has 0 saturated heterocycles. The van der Waals surface area contributed by atoms with Gasteiger partial charge < -0.3 is 9.15 Å². The Hall–Kier alpha value is -0.830. The van der Waals surface area contributed by atoms with E-state index in [1.54, 1.807) is 7.11 Å². The maximum absolute atomic E-state index is 5.22. The number of aryl methyl sites for hydroxylation is 2. The number of oxazole rings is 1. The lowest BCUT2D eigenvalue weighted by molar-refractivity contribution is 0.158. The summed E-state index contributed by atoms with van der Waals surface area (Å²) in [4.78, 5) is 4.11. The molecule has 0 saturated carbocycles. The van der Waals surface area contributed by atoms with E-state index in [0.29, 0.717) is 12.5 Å². The first-order valence-electron chi connectivity index (χ1n) is 3.16. The summed E-state index contributed by atoms with van der Waals surface area (Å²) in [6.45, 7) is 4.26. The number of nitrogens with zero attached hydrogens (tertiary/aromatic N) is 1. The molecule has 1 aromatic rings. The monoisotopic (exact) mass is 141 g/mol. The fourth-order valence-electron chi connectivity index (χ4n) is 0.724. The second-order valence-electron chi connectivity index (χ2n) is 2.18. The Morgan fingerprint density at radius 1 is 1.50 bits per heavy atom. The number of ether oxygens (including phenoxy) is 1. The van der Waals surface area contributed by atoms with Crippen LogP contribution in [0.2, 0.25) is 0 Å². The zero-order valence-electron chi connectivity index (χ0n) is 6.47. The van der Waals surface area contributed by atoms with Crippen LogP contribution in [-0.2, 0) is 11.3 Å². The van der Waals surface area contributed by atoms with Gasteiger partial charge in [0.25, 0.3) is 0 Å². The Bertz CT molecular complexity index is 198. The zero-order chi connectivity index (χ0) is 7.56. The van der Waals surface area contributed by atoms with Crippen molar-refractivity contribution in [3.05, 3.63) is 17.3 Å². The van der Waals surface area contributed by atoms with Crippen LogP contribution in [-0.4, -0.2) is 12.1 Å². The molecule has 1 aromatic heterocycles. The molecule has 0 fully saturated rings. The topological polar surface area (TPSA) is 35.3 Å². The molecule has 0 radical (unpaired) electrons. The Labute approximate surface area is 60.0 Å². The van der Waals surface area contributed by atoms with Crippen molar-refractivity contribution in [2.45, 2.75) is 20.5 Å². The van der Waals surface area contributed by atoms with E-state index in [4.69, 9.17) is 9.15 Å². The zero-order valence-corrected chi connectivity index (χ0v) is 6.47. The van der Waals surface area contributed by atoms with E-state index in [0.717, 1.165) is 11.5 Å². The molecule has 1 heterocycles. The molecule has 0 bridgehead atoms. The van der Waals surface area contributed by atoms with Crippen molar-refractivity contribution in [3.63, 3.8) is 0 Å². The molecular weight excluding hydrogens is 130 g/mol. The molecule has 56 valence electrons. The summed E-state index contributed by atoms with van der Waals surface area (Å²) in [5.41, 5.74) is 0.937. The Morgan fingerprint density at radius 2 is 2.20 bits per heavy atom. The van der Waals surface area contributed by atoms with Crippen LogP contribution in [0.15, 0.2) is 4.42 Å². The highest BCUT2D eigenvalue weighted by Gasteiger charge is 2.02. The van der Waals surface area contributed by atoms with Crippen LogP contribution >= 0.6 is 0 Å². The van der Waals surface area contributed by atoms with E-state index < -0.39 is 0 Å². The minimum Gasteiger partial charge on any atom is -0.443 e.